The zero-order valence-corrected chi connectivity index (χ0v) is 10.8. The first-order valence-corrected chi connectivity index (χ1v) is 6.13. The van der Waals surface area contributed by atoms with Gasteiger partial charge in [0.1, 0.15) is 11.6 Å². The van der Waals surface area contributed by atoms with Crippen molar-refractivity contribution in [3.8, 4) is 0 Å². The van der Waals surface area contributed by atoms with E-state index in [2.05, 4.69) is 10.1 Å². The summed E-state index contributed by atoms with van der Waals surface area (Å²) in [6, 6.07) is 12.1. The van der Waals surface area contributed by atoms with Crippen LogP contribution in [-0.4, -0.2) is 12.2 Å². The van der Waals surface area contributed by atoms with Crippen molar-refractivity contribution < 1.29 is 8.78 Å². The number of aliphatic imine (C=N–C) groups is 1. The molecule has 0 saturated heterocycles. The smallest absolute Gasteiger partial charge is 0.207 e. The molecule has 0 fully saturated rings. The van der Waals surface area contributed by atoms with Crippen molar-refractivity contribution >= 4 is 23.5 Å². The second-order valence-electron chi connectivity index (χ2n) is 4.53. The molecule has 20 heavy (non-hydrogen) atoms. The largest absolute Gasteiger partial charge is 0.229 e. The average molecular weight is 272 g/mol. The van der Waals surface area contributed by atoms with Gasteiger partial charge < -0.3 is 0 Å². The summed E-state index contributed by atoms with van der Waals surface area (Å²) >= 11 is 0. The van der Waals surface area contributed by atoms with Crippen LogP contribution >= 0.6 is 0 Å². The first-order chi connectivity index (χ1) is 9.60. The van der Waals surface area contributed by atoms with Crippen molar-refractivity contribution in [2.45, 2.75) is 6.92 Å². The molecule has 0 aliphatic carbocycles. The normalized spacial score (nSPS) is 16.2. The molecule has 0 aromatic heterocycles. The first-order valence-electron chi connectivity index (χ1n) is 6.13. The maximum atomic E-state index is 13.1. The summed E-state index contributed by atoms with van der Waals surface area (Å²) in [6.07, 6.45) is 1.65. The second kappa shape index (κ2) is 4.61. The van der Waals surface area contributed by atoms with Crippen LogP contribution in [0.1, 0.15) is 6.92 Å². The van der Waals surface area contributed by atoms with Crippen LogP contribution < -0.4 is 4.59 Å². The number of hydrogen-bond donors (Lipinski definition) is 0. The molecule has 0 atom stereocenters. The molecule has 0 N–H and O–H groups in total. The minimum atomic E-state index is -0.317. The fourth-order valence-electron chi connectivity index (χ4n) is 2.18. The molecule has 2 aromatic rings. The molecule has 0 saturated carbocycles. The average Bonchev–Trinajstić information content (AvgIpc) is 2.84. The summed E-state index contributed by atoms with van der Waals surface area (Å²) in [5.74, 6) is -0.0238. The van der Waals surface area contributed by atoms with E-state index >= 15 is 0 Å². The summed E-state index contributed by atoms with van der Waals surface area (Å²) in [6.45, 7) is 1.78. The van der Waals surface area contributed by atoms with Gasteiger partial charge in [0.05, 0.1) is 0 Å². The van der Waals surface area contributed by atoms with Crippen LogP contribution in [0, 0.1) is 11.6 Å². The Hall–Kier alpha value is -2.40. The van der Waals surface area contributed by atoms with Crippen molar-refractivity contribution in [3.05, 3.63) is 60.2 Å². The molecule has 0 bridgehead atoms. The molecule has 1 heterocycles. The molecule has 1 aliphatic heterocycles. The fourth-order valence-corrected chi connectivity index (χ4v) is 2.18. The van der Waals surface area contributed by atoms with Crippen LogP contribution in [0.2, 0.25) is 0 Å². The van der Waals surface area contributed by atoms with E-state index in [0.29, 0.717) is 5.84 Å². The van der Waals surface area contributed by atoms with Gasteiger partial charge in [0.15, 0.2) is 17.2 Å². The van der Waals surface area contributed by atoms with E-state index in [1.165, 1.54) is 24.3 Å². The van der Waals surface area contributed by atoms with Gasteiger partial charge in [-0.2, -0.15) is 4.99 Å². The van der Waals surface area contributed by atoms with Crippen LogP contribution in [0.5, 0.6) is 0 Å². The van der Waals surface area contributed by atoms with E-state index in [0.717, 1.165) is 11.4 Å². The Balaban J connectivity index is 2.18. The predicted octanol–water partition coefficient (Wildman–Crippen LogP) is 3.98. The Labute approximate surface area is 115 Å². The summed E-state index contributed by atoms with van der Waals surface area (Å²) in [7, 11) is 0. The van der Waals surface area contributed by atoms with Crippen LogP contribution in [0.4, 0.5) is 20.2 Å². The minimum Gasteiger partial charge on any atom is -0.207 e. The van der Waals surface area contributed by atoms with Crippen LogP contribution in [0.25, 0.3) is 0 Å². The van der Waals surface area contributed by atoms with E-state index in [1.54, 1.807) is 37.5 Å². The number of benzene rings is 2. The number of quaternary nitrogens is 1. The van der Waals surface area contributed by atoms with Crippen molar-refractivity contribution in [3.63, 3.8) is 0 Å². The molecule has 0 radical (unpaired) electrons. The Morgan fingerprint density at radius 3 is 1.60 bits per heavy atom. The number of hydrogen-bond acceptors (Lipinski definition) is 2. The zero-order valence-electron chi connectivity index (χ0n) is 10.8. The molecule has 1 aliphatic rings. The third kappa shape index (κ3) is 2.02. The van der Waals surface area contributed by atoms with E-state index in [4.69, 9.17) is 0 Å². The number of halogens is 2. The van der Waals surface area contributed by atoms with Gasteiger partial charge >= 0.3 is 0 Å². The number of amidine groups is 1. The van der Waals surface area contributed by atoms with Gasteiger partial charge in [0.2, 0.25) is 6.34 Å². The van der Waals surface area contributed by atoms with Gasteiger partial charge in [-0.1, -0.05) is 4.59 Å². The molecule has 0 amide bonds. The minimum absolute atomic E-state index is 0.0214. The van der Waals surface area contributed by atoms with Crippen molar-refractivity contribution in [2.75, 3.05) is 0 Å². The van der Waals surface area contributed by atoms with E-state index in [1.807, 2.05) is 0 Å². The number of nitrogens with zero attached hydrogens (tertiary/aromatic N) is 3. The van der Waals surface area contributed by atoms with Gasteiger partial charge in [-0.25, -0.2) is 8.78 Å². The Bertz CT molecular complexity index is 643. The quantitative estimate of drug-likeness (QED) is 0.739. The molecule has 3 rings (SSSR count). The molecular weight excluding hydrogens is 260 g/mol. The molecule has 3 nitrogen and oxygen atoms in total. The zero-order chi connectivity index (χ0) is 14.2. The van der Waals surface area contributed by atoms with Gasteiger partial charge in [0.25, 0.3) is 0 Å². The molecular formula is C15H12F2N3+. The highest BCUT2D eigenvalue weighted by Crippen LogP contribution is 2.36. The second-order valence-corrected chi connectivity index (χ2v) is 4.53. The molecule has 0 spiro atoms. The topological polar surface area (TPSA) is 24.7 Å². The molecule has 2 aromatic carbocycles. The monoisotopic (exact) mass is 272 g/mol. The standard InChI is InChI=1S/C15H12F2N3/c1-11-18-10-20(19-11,14-6-2-12(16)3-7-14)15-8-4-13(17)5-9-15/h2-10H,1H3/q+1. The lowest BCUT2D eigenvalue weighted by Gasteiger charge is -2.23. The predicted molar refractivity (Wildman–Crippen MR) is 75.9 cm³/mol. The fraction of sp³-hybridized carbons (Fsp3) is 0.0667. The lowest BCUT2D eigenvalue weighted by molar-refractivity contribution is 0.600. The summed E-state index contributed by atoms with van der Waals surface area (Å²) in [5.41, 5.74) is 1.47. The highest BCUT2D eigenvalue weighted by atomic mass is 19.1. The van der Waals surface area contributed by atoms with Crippen LogP contribution in [0.15, 0.2) is 58.6 Å². The third-order valence-electron chi connectivity index (χ3n) is 3.15. The number of rotatable bonds is 2. The van der Waals surface area contributed by atoms with Gasteiger partial charge in [0, 0.05) is 31.2 Å². The Kier molecular flexibility index (Phi) is 2.91. The first kappa shape index (κ1) is 12.6. The SMILES string of the molecule is CC1=N[N+](c2ccc(F)cc2)(c2ccc(F)cc2)C=N1. The summed E-state index contributed by atoms with van der Waals surface area (Å²) in [4.78, 5) is 4.20. The lowest BCUT2D eigenvalue weighted by atomic mass is 10.2. The van der Waals surface area contributed by atoms with Gasteiger partial charge in [-0.15, -0.1) is 0 Å². The Morgan fingerprint density at radius 2 is 1.25 bits per heavy atom. The molecule has 100 valence electrons. The van der Waals surface area contributed by atoms with Gasteiger partial charge in [-0.05, 0) is 29.4 Å². The van der Waals surface area contributed by atoms with Crippen molar-refractivity contribution in [1.29, 1.82) is 0 Å². The van der Waals surface area contributed by atoms with Crippen molar-refractivity contribution in [1.82, 2.24) is 4.59 Å². The van der Waals surface area contributed by atoms with E-state index < -0.39 is 0 Å². The van der Waals surface area contributed by atoms with Crippen LogP contribution in [-0.2, 0) is 0 Å². The maximum Gasteiger partial charge on any atom is 0.229 e. The van der Waals surface area contributed by atoms with E-state index in [9.17, 15) is 8.78 Å². The van der Waals surface area contributed by atoms with Gasteiger partial charge in [-0.3, -0.25) is 0 Å². The molecule has 0 unspecified atom stereocenters. The molecule has 5 heteroatoms. The van der Waals surface area contributed by atoms with Crippen molar-refractivity contribution in [2.24, 2.45) is 10.1 Å². The lowest BCUT2D eigenvalue weighted by Crippen LogP contribution is -2.34. The Morgan fingerprint density at radius 1 is 0.800 bits per heavy atom. The third-order valence-corrected chi connectivity index (χ3v) is 3.15. The van der Waals surface area contributed by atoms with Crippen LogP contribution in [0.3, 0.4) is 0 Å². The summed E-state index contributed by atoms with van der Waals surface area (Å²) in [5, 5.41) is 4.51. The highest BCUT2D eigenvalue weighted by molar-refractivity contribution is 5.99. The highest BCUT2D eigenvalue weighted by Gasteiger charge is 2.36. The summed E-state index contributed by atoms with van der Waals surface area (Å²) < 4.78 is 26.2. The van der Waals surface area contributed by atoms with E-state index in [-0.39, 0.29) is 16.2 Å². The maximum absolute atomic E-state index is 13.1.